The van der Waals surface area contributed by atoms with Gasteiger partial charge < -0.3 is 10.2 Å². The number of carbonyl (C=O) groups excluding carboxylic acids is 2. The van der Waals surface area contributed by atoms with Crippen molar-refractivity contribution in [2.45, 2.75) is 39.3 Å². The maximum atomic E-state index is 13.0. The lowest BCUT2D eigenvalue weighted by Crippen LogP contribution is -2.33. The lowest BCUT2D eigenvalue weighted by molar-refractivity contribution is -0.137. The summed E-state index contributed by atoms with van der Waals surface area (Å²) < 4.78 is 38.9. The standard InChI is InChI=1S/C16H20ClF3N2O2/c1-3-4-8-22(11(2)23)9-7-15(24)21-14-6-5-12(17)10-13(14)16(18,19)20/h5-6,10H,3-4,7-9H2,1-2H3,(H,21,24). The van der Waals surface area contributed by atoms with Crippen LogP contribution in [0.5, 0.6) is 0 Å². The van der Waals surface area contributed by atoms with E-state index < -0.39 is 17.6 Å². The monoisotopic (exact) mass is 364 g/mol. The van der Waals surface area contributed by atoms with E-state index in [1.54, 1.807) is 0 Å². The zero-order chi connectivity index (χ0) is 18.3. The number of amides is 2. The molecule has 0 spiro atoms. The zero-order valence-electron chi connectivity index (χ0n) is 13.5. The molecular formula is C16H20ClF3N2O2. The van der Waals surface area contributed by atoms with Crippen LogP contribution in [0.25, 0.3) is 0 Å². The number of hydrogen-bond donors (Lipinski definition) is 1. The van der Waals surface area contributed by atoms with Gasteiger partial charge in [-0.3, -0.25) is 9.59 Å². The van der Waals surface area contributed by atoms with Crippen LogP contribution in [-0.4, -0.2) is 29.8 Å². The average Bonchev–Trinajstić information content (AvgIpc) is 2.47. The summed E-state index contributed by atoms with van der Waals surface area (Å²) in [4.78, 5) is 24.9. The Morgan fingerprint density at radius 1 is 1.25 bits per heavy atom. The smallest absolute Gasteiger partial charge is 0.342 e. The fourth-order valence-electron chi connectivity index (χ4n) is 2.08. The predicted molar refractivity (Wildman–Crippen MR) is 86.9 cm³/mol. The lowest BCUT2D eigenvalue weighted by Gasteiger charge is -2.20. The van der Waals surface area contributed by atoms with Gasteiger partial charge in [0.2, 0.25) is 11.8 Å². The molecule has 2 amide bonds. The Hall–Kier alpha value is -1.76. The molecule has 134 valence electrons. The van der Waals surface area contributed by atoms with E-state index in [4.69, 9.17) is 11.6 Å². The zero-order valence-corrected chi connectivity index (χ0v) is 14.3. The fraction of sp³-hybridized carbons (Fsp3) is 0.500. The second-order valence-electron chi connectivity index (χ2n) is 5.35. The van der Waals surface area contributed by atoms with Gasteiger partial charge in [-0.1, -0.05) is 24.9 Å². The fourth-order valence-corrected chi connectivity index (χ4v) is 2.26. The van der Waals surface area contributed by atoms with Crippen molar-refractivity contribution in [2.24, 2.45) is 0 Å². The summed E-state index contributed by atoms with van der Waals surface area (Å²) in [5.41, 5.74) is -1.35. The van der Waals surface area contributed by atoms with Crippen LogP contribution in [-0.2, 0) is 15.8 Å². The largest absolute Gasteiger partial charge is 0.418 e. The van der Waals surface area contributed by atoms with Gasteiger partial charge in [-0.2, -0.15) is 13.2 Å². The van der Waals surface area contributed by atoms with Crippen molar-refractivity contribution in [3.63, 3.8) is 0 Å². The van der Waals surface area contributed by atoms with Gasteiger partial charge in [0.15, 0.2) is 0 Å². The summed E-state index contributed by atoms with van der Waals surface area (Å²) in [5, 5.41) is 2.17. The molecule has 24 heavy (non-hydrogen) atoms. The minimum Gasteiger partial charge on any atom is -0.342 e. The first-order chi connectivity index (χ1) is 11.1. The molecule has 0 heterocycles. The maximum Gasteiger partial charge on any atom is 0.418 e. The molecule has 0 aliphatic carbocycles. The molecular weight excluding hydrogens is 345 g/mol. The number of nitrogens with zero attached hydrogens (tertiary/aromatic N) is 1. The molecule has 1 N–H and O–H groups in total. The molecule has 4 nitrogen and oxygen atoms in total. The van der Waals surface area contributed by atoms with E-state index >= 15 is 0 Å². The van der Waals surface area contributed by atoms with Crippen molar-refractivity contribution in [3.8, 4) is 0 Å². The Bertz CT molecular complexity index is 591. The van der Waals surface area contributed by atoms with Crippen LogP contribution in [0.15, 0.2) is 18.2 Å². The van der Waals surface area contributed by atoms with Crippen molar-refractivity contribution in [1.29, 1.82) is 0 Å². The highest BCUT2D eigenvalue weighted by atomic mass is 35.5. The Labute approximate surface area is 144 Å². The summed E-state index contributed by atoms with van der Waals surface area (Å²) in [6.45, 7) is 4.06. The molecule has 0 saturated carbocycles. The van der Waals surface area contributed by atoms with Crippen LogP contribution in [0.4, 0.5) is 18.9 Å². The number of halogens is 4. The number of alkyl halides is 3. The van der Waals surface area contributed by atoms with E-state index in [9.17, 15) is 22.8 Å². The first-order valence-electron chi connectivity index (χ1n) is 7.57. The van der Waals surface area contributed by atoms with Crippen molar-refractivity contribution in [2.75, 3.05) is 18.4 Å². The normalized spacial score (nSPS) is 11.2. The van der Waals surface area contributed by atoms with Crippen LogP contribution < -0.4 is 5.32 Å². The van der Waals surface area contributed by atoms with Crippen molar-refractivity contribution in [1.82, 2.24) is 4.90 Å². The third kappa shape index (κ3) is 6.39. The molecule has 0 fully saturated rings. The highest BCUT2D eigenvalue weighted by Crippen LogP contribution is 2.36. The van der Waals surface area contributed by atoms with Gasteiger partial charge in [-0.25, -0.2) is 0 Å². The van der Waals surface area contributed by atoms with Crippen molar-refractivity contribution < 1.29 is 22.8 Å². The quantitative estimate of drug-likeness (QED) is 0.782. The van der Waals surface area contributed by atoms with E-state index in [2.05, 4.69) is 5.32 Å². The predicted octanol–water partition coefficient (Wildman–Crippen LogP) is 4.34. The topological polar surface area (TPSA) is 49.4 Å². The second-order valence-corrected chi connectivity index (χ2v) is 5.78. The second kappa shape index (κ2) is 8.92. The minimum atomic E-state index is -4.62. The van der Waals surface area contributed by atoms with Gasteiger partial charge in [0, 0.05) is 31.5 Å². The molecule has 0 atom stereocenters. The van der Waals surface area contributed by atoms with E-state index in [0.717, 1.165) is 25.0 Å². The van der Waals surface area contributed by atoms with Crippen LogP contribution in [0.3, 0.4) is 0 Å². The summed E-state index contributed by atoms with van der Waals surface area (Å²) in [5.74, 6) is -0.760. The van der Waals surface area contributed by atoms with Gasteiger partial charge in [0.1, 0.15) is 0 Å². The average molecular weight is 365 g/mol. The van der Waals surface area contributed by atoms with E-state index in [0.29, 0.717) is 6.54 Å². The molecule has 0 radical (unpaired) electrons. The lowest BCUT2D eigenvalue weighted by atomic mass is 10.1. The van der Waals surface area contributed by atoms with Crippen LogP contribution in [0.2, 0.25) is 5.02 Å². The van der Waals surface area contributed by atoms with Gasteiger partial charge in [0.05, 0.1) is 11.3 Å². The minimum absolute atomic E-state index is 0.0670. The Morgan fingerprint density at radius 3 is 2.46 bits per heavy atom. The van der Waals surface area contributed by atoms with Crippen molar-refractivity contribution in [3.05, 3.63) is 28.8 Å². The van der Waals surface area contributed by atoms with Gasteiger partial charge >= 0.3 is 6.18 Å². The highest BCUT2D eigenvalue weighted by Gasteiger charge is 2.34. The third-order valence-electron chi connectivity index (χ3n) is 3.40. The highest BCUT2D eigenvalue weighted by molar-refractivity contribution is 6.30. The molecule has 8 heteroatoms. The number of hydrogen-bond acceptors (Lipinski definition) is 2. The van der Waals surface area contributed by atoms with E-state index in [-0.39, 0.29) is 29.6 Å². The molecule has 0 unspecified atom stereocenters. The van der Waals surface area contributed by atoms with Crippen LogP contribution >= 0.6 is 11.6 Å². The van der Waals surface area contributed by atoms with Crippen LogP contribution in [0.1, 0.15) is 38.7 Å². The van der Waals surface area contributed by atoms with Gasteiger partial charge in [-0.05, 0) is 24.6 Å². The van der Waals surface area contributed by atoms with E-state index in [1.165, 1.54) is 17.9 Å². The molecule has 0 bridgehead atoms. The number of benzene rings is 1. The summed E-state index contributed by atoms with van der Waals surface area (Å²) in [6, 6.07) is 3.15. The molecule has 1 aromatic rings. The molecule has 0 saturated heterocycles. The number of nitrogens with one attached hydrogen (secondary N) is 1. The molecule has 1 rings (SSSR count). The van der Waals surface area contributed by atoms with Crippen LogP contribution in [0, 0.1) is 0 Å². The first kappa shape index (κ1) is 20.3. The maximum absolute atomic E-state index is 13.0. The summed E-state index contributed by atoms with van der Waals surface area (Å²) in [7, 11) is 0. The SMILES string of the molecule is CCCCN(CCC(=O)Nc1ccc(Cl)cc1C(F)(F)F)C(C)=O. The number of unbranched alkanes of at least 4 members (excludes halogenated alkanes) is 1. The Morgan fingerprint density at radius 2 is 1.92 bits per heavy atom. The number of rotatable bonds is 7. The molecule has 0 aliphatic heterocycles. The Kier molecular flexibility index (Phi) is 7.54. The van der Waals surface area contributed by atoms with Gasteiger partial charge in [-0.15, -0.1) is 0 Å². The molecule has 0 aliphatic rings. The Balaban J connectivity index is 2.73. The summed E-state index contributed by atoms with van der Waals surface area (Å²) in [6.07, 6.45) is -3.00. The van der Waals surface area contributed by atoms with E-state index in [1.807, 2.05) is 6.92 Å². The summed E-state index contributed by atoms with van der Waals surface area (Å²) >= 11 is 5.59. The first-order valence-corrected chi connectivity index (χ1v) is 7.95. The number of anilines is 1. The van der Waals surface area contributed by atoms with Gasteiger partial charge in [0.25, 0.3) is 0 Å². The molecule has 1 aromatic carbocycles. The third-order valence-corrected chi connectivity index (χ3v) is 3.63. The van der Waals surface area contributed by atoms with Crippen molar-refractivity contribution >= 4 is 29.1 Å². The molecule has 0 aromatic heterocycles. The number of carbonyl (C=O) groups is 2.